The number of hydrogen-bond donors (Lipinski definition) is 0. The van der Waals surface area contributed by atoms with Crippen molar-refractivity contribution in [2.75, 3.05) is 13.7 Å². The monoisotopic (exact) mass is 433 g/mol. The lowest BCUT2D eigenvalue weighted by Gasteiger charge is -2.08. The molecule has 136 valence electrons. The predicted molar refractivity (Wildman–Crippen MR) is 109 cm³/mol. The Morgan fingerprint density at radius 3 is 2.62 bits per heavy atom. The molecule has 6 heteroatoms. The molecule has 0 atom stereocenters. The molecule has 1 aromatic heterocycles. The van der Waals surface area contributed by atoms with Crippen LogP contribution in [0, 0.1) is 0 Å². The molecule has 0 bridgehead atoms. The molecule has 0 radical (unpaired) electrons. The Labute approximate surface area is 165 Å². The Morgan fingerprint density at radius 2 is 1.96 bits per heavy atom. The summed E-state index contributed by atoms with van der Waals surface area (Å²) in [6, 6.07) is 14.0. The second kappa shape index (κ2) is 8.18. The van der Waals surface area contributed by atoms with E-state index in [1.807, 2.05) is 44.3 Å². The van der Waals surface area contributed by atoms with Crippen molar-refractivity contribution in [3.8, 4) is 5.75 Å². The zero-order valence-corrected chi connectivity index (χ0v) is 17.3. The molecule has 3 aromatic rings. The number of rotatable bonds is 6. The van der Waals surface area contributed by atoms with E-state index in [4.69, 9.17) is 9.47 Å². The fraction of sp³-hybridized carbons (Fsp3) is 0.250. The number of thioether (sulfide) groups is 1. The Hall–Kier alpha value is -1.92. The van der Waals surface area contributed by atoms with Crippen molar-refractivity contribution in [2.45, 2.75) is 17.6 Å². The molecule has 0 aliphatic rings. The minimum absolute atomic E-state index is 0.300. The summed E-state index contributed by atoms with van der Waals surface area (Å²) in [4.78, 5) is 13.8. The number of aryl methyl sites for hydroxylation is 1. The fourth-order valence-electron chi connectivity index (χ4n) is 2.91. The lowest BCUT2D eigenvalue weighted by atomic mass is 10.1. The summed E-state index contributed by atoms with van der Waals surface area (Å²) >= 11 is 5.22. The summed E-state index contributed by atoms with van der Waals surface area (Å²) in [7, 11) is 3.59. The van der Waals surface area contributed by atoms with E-state index in [9.17, 15) is 4.79 Å². The van der Waals surface area contributed by atoms with Crippen LogP contribution in [0.25, 0.3) is 10.9 Å². The molecule has 3 rings (SSSR count). The number of carbonyl (C=O) groups is 1. The molecule has 0 amide bonds. The molecule has 0 saturated heterocycles. The second-order valence-corrected chi connectivity index (χ2v) is 7.61. The molecular formula is C20H20BrNO3S. The van der Waals surface area contributed by atoms with Crippen LogP contribution in [0.5, 0.6) is 5.75 Å². The van der Waals surface area contributed by atoms with Gasteiger partial charge in [0, 0.05) is 28.8 Å². The SMILES string of the molecule is CCOC(=O)c1c(CSc2ccccc2)n(C)c2cc(Br)c(OC)cc12. The van der Waals surface area contributed by atoms with E-state index < -0.39 is 0 Å². The van der Waals surface area contributed by atoms with Crippen molar-refractivity contribution in [2.24, 2.45) is 7.05 Å². The molecular weight excluding hydrogens is 414 g/mol. The largest absolute Gasteiger partial charge is 0.496 e. The van der Waals surface area contributed by atoms with E-state index in [-0.39, 0.29) is 5.97 Å². The first kappa shape index (κ1) is 18.9. The van der Waals surface area contributed by atoms with Crippen molar-refractivity contribution in [3.05, 3.63) is 58.2 Å². The summed E-state index contributed by atoms with van der Waals surface area (Å²) < 4.78 is 13.7. The van der Waals surface area contributed by atoms with E-state index in [1.54, 1.807) is 18.9 Å². The maximum atomic E-state index is 12.7. The van der Waals surface area contributed by atoms with Gasteiger partial charge in [0.15, 0.2) is 0 Å². The number of benzene rings is 2. The summed E-state index contributed by atoms with van der Waals surface area (Å²) in [6.07, 6.45) is 0. The van der Waals surface area contributed by atoms with Gasteiger partial charge in [-0.1, -0.05) is 18.2 Å². The fourth-order valence-corrected chi connectivity index (χ4v) is 4.40. The van der Waals surface area contributed by atoms with Crippen molar-refractivity contribution in [1.29, 1.82) is 0 Å². The van der Waals surface area contributed by atoms with E-state index in [1.165, 1.54) is 0 Å². The van der Waals surface area contributed by atoms with Crippen LogP contribution in [0.15, 0.2) is 51.8 Å². The number of esters is 1. The Bertz CT molecular complexity index is 937. The average Bonchev–Trinajstić information content (AvgIpc) is 2.91. The molecule has 0 saturated carbocycles. The molecule has 0 unspecified atom stereocenters. The van der Waals surface area contributed by atoms with Gasteiger partial charge in [-0.3, -0.25) is 0 Å². The maximum absolute atomic E-state index is 12.7. The van der Waals surface area contributed by atoms with Crippen LogP contribution in [0.2, 0.25) is 0 Å². The van der Waals surface area contributed by atoms with Crippen LogP contribution in [-0.2, 0) is 17.5 Å². The predicted octanol–water partition coefficient (Wildman–Crippen LogP) is 5.42. The minimum Gasteiger partial charge on any atom is -0.496 e. The van der Waals surface area contributed by atoms with Gasteiger partial charge >= 0.3 is 5.97 Å². The molecule has 0 fully saturated rings. The Balaban J connectivity index is 2.11. The number of carbonyl (C=O) groups excluding carboxylic acids is 1. The molecule has 1 heterocycles. The Morgan fingerprint density at radius 1 is 1.23 bits per heavy atom. The van der Waals surface area contributed by atoms with Crippen LogP contribution in [-0.4, -0.2) is 24.3 Å². The number of nitrogens with zero attached hydrogens (tertiary/aromatic N) is 1. The van der Waals surface area contributed by atoms with Crippen LogP contribution >= 0.6 is 27.7 Å². The first-order valence-corrected chi connectivity index (χ1v) is 10.0. The molecule has 2 aromatic carbocycles. The number of hydrogen-bond acceptors (Lipinski definition) is 4. The second-order valence-electron chi connectivity index (χ2n) is 5.71. The number of ether oxygens (including phenoxy) is 2. The van der Waals surface area contributed by atoms with Gasteiger partial charge in [-0.2, -0.15) is 0 Å². The first-order valence-electron chi connectivity index (χ1n) is 8.26. The van der Waals surface area contributed by atoms with Crippen molar-refractivity contribution >= 4 is 44.6 Å². The zero-order chi connectivity index (χ0) is 18.7. The van der Waals surface area contributed by atoms with Crippen LogP contribution in [0.4, 0.5) is 0 Å². The smallest absolute Gasteiger partial charge is 0.340 e. The van der Waals surface area contributed by atoms with Gasteiger partial charge in [-0.15, -0.1) is 11.8 Å². The molecule has 0 aliphatic carbocycles. The molecule has 0 N–H and O–H groups in total. The highest BCUT2D eigenvalue weighted by atomic mass is 79.9. The Kier molecular flexibility index (Phi) is 5.94. The highest BCUT2D eigenvalue weighted by Crippen LogP contribution is 2.37. The zero-order valence-electron chi connectivity index (χ0n) is 14.9. The van der Waals surface area contributed by atoms with Crippen LogP contribution < -0.4 is 4.74 Å². The highest BCUT2D eigenvalue weighted by Gasteiger charge is 2.23. The van der Waals surface area contributed by atoms with Gasteiger partial charge < -0.3 is 14.0 Å². The lowest BCUT2D eigenvalue weighted by Crippen LogP contribution is -2.08. The van der Waals surface area contributed by atoms with Gasteiger partial charge in [0.05, 0.1) is 29.3 Å². The summed E-state index contributed by atoms with van der Waals surface area (Å²) in [5.41, 5.74) is 2.51. The van der Waals surface area contributed by atoms with Crippen molar-refractivity contribution < 1.29 is 14.3 Å². The van der Waals surface area contributed by atoms with Crippen LogP contribution in [0.3, 0.4) is 0 Å². The maximum Gasteiger partial charge on any atom is 0.340 e. The summed E-state index contributed by atoms with van der Waals surface area (Å²) in [5.74, 6) is 1.06. The number of fused-ring (bicyclic) bond motifs is 1. The number of halogens is 1. The van der Waals surface area contributed by atoms with E-state index in [0.717, 1.165) is 26.0 Å². The van der Waals surface area contributed by atoms with Crippen LogP contribution in [0.1, 0.15) is 23.0 Å². The van der Waals surface area contributed by atoms with E-state index in [2.05, 4.69) is 32.6 Å². The third-order valence-corrected chi connectivity index (χ3v) is 5.84. The first-order chi connectivity index (χ1) is 12.6. The number of methoxy groups -OCH3 is 1. The molecule has 4 nitrogen and oxygen atoms in total. The minimum atomic E-state index is -0.300. The third-order valence-electron chi connectivity index (χ3n) is 4.19. The van der Waals surface area contributed by atoms with Gasteiger partial charge in [0.25, 0.3) is 0 Å². The summed E-state index contributed by atoms with van der Waals surface area (Å²) in [5, 5.41) is 0.842. The van der Waals surface area contributed by atoms with Crippen molar-refractivity contribution in [3.63, 3.8) is 0 Å². The van der Waals surface area contributed by atoms with Crippen molar-refractivity contribution in [1.82, 2.24) is 4.57 Å². The van der Waals surface area contributed by atoms with Gasteiger partial charge in [0.2, 0.25) is 0 Å². The van der Waals surface area contributed by atoms with E-state index in [0.29, 0.717) is 23.7 Å². The summed E-state index contributed by atoms with van der Waals surface area (Å²) in [6.45, 7) is 2.16. The highest BCUT2D eigenvalue weighted by molar-refractivity contribution is 9.10. The molecule has 0 aliphatic heterocycles. The third kappa shape index (κ3) is 3.62. The molecule has 26 heavy (non-hydrogen) atoms. The standard InChI is InChI=1S/C20H20BrNO3S/c1-4-25-20(23)19-14-10-18(24-3)15(21)11-16(14)22(2)17(19)12-26-13-8-6-5-7-9-13/h5-11H,4,12H2,1-3H3. The van der Waals surface area contributed by atoms with Gasteiger partial charge in [-0.25, -0.2) is 4.79 Å². The topological polar surface area (TPSA) is 40.5 Å². The normalized spacial score (nSPS) is 10.9. The van der Waals surface area contributed by atoms with Gasteiger partial charge in [0.1, 0.15) is 5.75 Å². The quantitative estimate of drug-likeness (QED) is 0.384. The van der Waals surface area contributed by atoms with Gasteiger partial charge in [-0.05, 0) is 47.1 Å². The number of aromatic nitrogens is 1. The average molecular weight is 434 g/mol. The van der Waals surface area contributed by atoms with E-state index >= 15 is 0 Å². The molecule has 0 spiro atoms. The lowest BCUT2D eigenvalue weighted by molar-refractivity contribution is 0.0527.